The van der Waals surface area contributed by atoms with Crippen LogP contribution in [0.2, 0.25) is 5.02 Å². The Hall–Kier alpha value is -2.96. The van der Waals surface area contributed by atoms with Gasteiger partial charge in [0.15, 0.2) is 0 Å². The van der Waals surface area contributed by atoms with Gasteiger partial charge in [0.05, 0.1) is 11.4 Å². The molecule has 2 amide bonds. The molecular formula is C23H18ClNO4S. The molecule has 1 aromatic heterocycles. The lowest BCUT2D eigenvalue weighted by Gasteiger charge is -2.13. The number of hydrogen-bond acceptors (Lipinski definition) is 5. The number of rotatable bonds is 6. The topological polar surface area (TPSA) is 59.8 Å². The summed E-state index contributed by atoms with van der Waals surface area (Å²) in [6.07, 6.45) is 1.58. The van der Waals surface area contributed by atoms with E-state index >= 15 is 0 Å². The molecule has 0 radical (unpaired) electrons. The highest BCUT2D eigenvalue weighted by molar-refractivity contribution is 8.18. The Bertz CT molecular complexity index is 1140. The summed E-state index contributed by atoms with van der Waals surface area (Å²) in [6.45, 7) is 2.39. The fourth-order valence-corrected chi connectivity index (χ4v) is 4.04. The van der Waals surface area contributed by atoms with Crippen molar-refractivity contribution in [3.63, 3.8) is 0 Å². The average Bonchev–Trinajstić information content (AvgIpc) is 3.28. The molecule has 0 unspecified atom stereocenters. The van der Waals surface area contributed by atoms with Crippen molar-refractivity contribution < 1.29 is 18.7 Å². The van der Waals surface area contributed by atoms with E-state index in [0.29, 0.717) is 27.2 Å². The zero-order valence-corrected chi connectivity index (χ0v) is 17.7. The van der Waals surface area contributed by atoms with Crippen LogP contribution in [0.25, 0.3) is 17.4 Å². The van der Waals surface area contributed by atoms with Crippen molar-refractivity contribution in [1.82, 2.24) is 4.90 Å². The first-order valence-corrected chi connectivity index (χ1v) is 10.5. The van der Waals surface area contributed by atoms with Gasteiger partial charge in [0, 0.05) is 16.7 Å². The predicted octanol–water partition coefficient (Wildman–Crippen LogP) is 6.02. The molecule has 1 fully saturated rings. The molecular weight excluding hydrogens is 422 g/mol. The van der Waals surface area contributed by atoms with Gasteiger partial charge in [-0.15, -0.1) is 0 Å². The van der Waals surface area contributed by atoms with E-state index in [4.69, 9.17) is 20.8 Å². The van der Waals surface area contributed by atoms with Crippen LogP contribution in [0, 0.1) is 6.92 Å². The SMILES string of the molecule is Cc1cccc(OCCN2C(=O)S/C(=C\c3ccc(-c4cccc(Cl)c4)o3)C2=O)c1. The van der Waals surface area contributed by atoms with Crippen LogP contribution < -0.4 is 4.74 Å². The van der Waals surface area contributed by atoms with Gasteiger partial charge >= 0.3 is 0 Å². The van der Waals surface area contributed by atoms with Crippen molar-refractivity contribution >= 4 is 40.6 Å². The maximum Gasteiger partial charge on any atom is 0.293 e. The quantitative estimate of drug-likeness (QED) is 0.439. The van der Waals surface area contributed by atoms with Crippen LogP contribution in [-0.4, -0.2) is 29.2 Å². The number of aryl methyl sites for hydroxylation is 1. The summed E-state index contributed by atoms with van der Waals surface area (Å²) < 4.78 is 11.5. The standard InChI is InChI=1S/C23H18ClNO4S/c1-15-4-2-7-18(12-15)28-11-10-25-22(26)21(30-23(25)27)14-19-8-9-20(29-19)16-5-3-6-17(24)13-16/h2-9,12-14H,10-11H2,1H3/b21-14-. The van der Waals surface area contributed by atoms with Crippen LogP contribution in [0.4, 0.5) is 4.79 Å². The maximum atomic E-state index is 12.6. The number of carbonyl (C=O) groups excluding carboxylic acids is 2. The molecule has 152 valence electrons. The third kappa shape index (κ3) is 4.61. The summed E-state index contributed by atoms with van der Waals surface area (Å²) in [5, 5.41) is 0.292. The molecule has 0 saturated carbocycles. The second kappa shape index (κ2) is 8.81. The van der Waals surface area contributed by atoms with Crippen molar-refractivity contribution in [2.24, 2.45) is 0 Å². The number of thioether (sulfide) groups is 1. The first-order valence-electron chi connectivity index (χ1n) is 9.30. The molecule has 7 heteroatoms. The highest BCUT2D eigenvalue weighted by Gasteiger charge is 2.35. The van der Waals surface area contributed by atoms with Crippen molar-refractivity contribution in [1.29, 1.82) is 0 Å². The molecule has 5 nitrogen and oxygen atoms in total. The number of nitrogens with zero attached hydrogens (tertiary/aromatic N) is 1. The number of furan rings is 1. The van der Waals surface area contributed by atoms with E-state index in [1.54, 1.807) is 30.3 Å². The maximum absolute atomic E-state index is 12.6. The number of benzene rings is 2. The molecule has 1 aliphatic heterocycles. The third-order valence-corrected chi connectivity index (χ3v) is 5.60. The Kier molecular flexibility index (Phi) is 5.97. The second-order valence-corrected chi connectivity index (χ2v) is 8.14. The van der Waals surface area contributed by atoms with Gasteiger partial charge in [-0.05, 0) is 60.6 Å². The Morgan fingerprint density at radius 2 is 1.93 bits per heavy atom. The largest absolute Gasteiger partial charge is 0.492 e. The summed E-state index contributed by atoms with van der Waals surface area (Å²) in [5.74, 6) is 1.49. The Morgan fingerprint density at radius 3 is 2.73 bits per heavy atom. The number of halogens is 1. The number of carbonyl (C=O) groups is 2. The van der Waals surface area contributed by atoms with Gasteiger partial charge in [-0.2, -0.15) is 0 Å². The van der Waals surface area contributed by atoms with Crippen LogP contribution in [0.15, 0.2) is 70.0 Å². The second-order valence-electron chi connectivity index (χ2n) is 6.71. The van der Waals surface area contributed by atoms with Crippen LogP contribution in [-0.2, 0) is 4.79 Å². The van der Waals surface area contributed by atoms with E-state index in [-0.39, 0.29) is 24.3 Å². The van der Waals surface area contributed by atoms with Gasteiger partial charge in [0.2, 0.25) is 0 Å². The van der Waals surface area contributed by atoms with Crippen LogP contribution >= 0.6 is 23.4 Å². The molecule has 1 aliphatic rings. The molecule has 1 saturated heterocycles. The van der Waals surface area contributed by atoms with Gasteiger partial charge < -0.3 is 9.15 Å². The van der Waals surface area contributed by atoms with E-state index in [1.807, 2.05) is 43.3 Å². The van der Waals surface area contributed by atoms with E-state index in [2.05, 4.69) is 0 Å². The van der Waals surface area contributed by atoms with Crippen molar-refractivity contribution in [3.05, 3.63) is 81.9 Å². The number of imide groups is 1. The lowest BCUT2D eigenvalue weighted by molar-refractivity contribution is -0.123. The third-order valence-electron chi connectivity index (χ3n) is 4.46. The van der Waals surface area contributed by atoms with Crippen LogP contribution in [0.3, 0.4) is 0 Å². The van der Waals surface area contributed by atoms with Gasteiger partial charge in [-0.3, -0.25) is 14.5 Å². The first kappa shape index (κ1) is 20.3. The summed E-state index contributed by atoms with van der Waals surface area (Å²) in [5.41, 5.74) is 1.92. The number of ether oxygens (including phenoxy) is 1. The smallest absolute Gasteiger partial charge is 0.293 e. The number of hydrogen-bond donors (Lipinski definition) is 0. The molecule has 3 aromatic rings. The molecule has 4 rings (SSSR count). The summed E-state index contributed by atoms with van der Waals surface area (Å²) in [4.78, 5) is 26.4. The number of amides is 2. The summed E-state index contributed by atoms with van der Waals surface area (Å²) in [7, 11) is 0. The summed E-state index contributed by atoms with van der Waals surface area (Å²) in [6, 6.07) is 18.5. The predicted molar refractivity (Wildman–Crippen MR) is 119 cm³/mol. The minimum Gasteiger partial charge on any atom is -0.492 e. The lowest BCUT2D eigenvalue weighted by atomic mass is 10.2. The Balaban J connectivity index is 1.41. The highest BCUT2D eigenvalue weighted by atomic mass is 35.5. The van der Waals surface area contributed by atoms with Crippen LogP contribution in [0.1, 0.15) is 11.3 Å². The normalized spacial score (nSPS) is 15.3. The van der Waals surface area contributed by atoms with Crippen molar-refractivity contribution in [2.75, 3.05) is 13.2 Å². The molecule has 0 aliphatic carbocycles. The van der Waals surface area contributed by atoms with E-state index in [0.717, 1.165) is 22.9 Å². The van der Waals surface area contributed by atoms with E-state index in [9.17, 15) is 9.59 Å². The Labute approximate surface area is 183 Å². The lowest BCUT2D eigenvalue weighted by Crippen LogP contribution is -2.32. The molecule has 30 heavy (non-hydrogen) atoms. The first-order chi connectivity index (χ1) is 14.5. The molecule has 0 atom stereocenters. The van der Waals surface area contributed by atoms with Crippen molar-refractivity contribution in [3.8, 4) is 17.1 Å². The van der Waals surface area contributed by atoms with Gasteiger partial charge in [-0.25, -0.2) is 0 Å². The molecule has 0 N–H and O–H groups in total. The zero-order chi connectivity index (χ0) is 21.1. The zero-order valence-electron chi connectivity index (χ0n) is 16.1. The summed E-state index contributed by atoms with van der Waals surface area (Å²) >= 11 is 6.92. The minimum absolute atomic E-state index is 0.182. The van der Waals surface area contributed by atoms with Crippen LogP contribution in [0.5, 0.6) is 5.75 Å². The van der Waals surface area contributed by atoms with Gasteiger partial charge in [0.1, 0.15) is 23.9 Å². The Morgan fingerprint density at radius 1 is 1.10 bits per heavy atom. The van der Waals surface area contributed by atoms with E-state index < -0.39 is 0 Å². The average molecular weight is 440 g/mol. The van der Waals surface area contributed by atoms with Gasteiger partial charge in [0.25, 0.3) is 11.1 Å². The van der Waals surface area contributed by atoms with Crippen molar-refractivity contribution in [2.45, 2.75) is 6.92 Å². The molecule has 2 aromatic carbocycles. The highest BCUT2D eigenvalue weighted by Crippen LogP contribution is 2.33. The monoisotopic (exact) mass is 439 g/mol. The molecule has 0 spiro atoms. The minimum atomic E-state index is -0.349. The molecule has 2 heterocycles. The van der Waals surface area contributed by atoms with E-state index in [1.165, 1.54) is 4.90 Å². The van der Waals surface area contributed by atoms with Gasteiger partial charge in [-0.1, -0.05) is 35.9 Å². The fourth-order valence-electron chi connectivity index (χ4n) is 3.01. The molecule has 0 bridgehead atoms. The fraction of sp³-hybridized carbons (Fsp3) is 0.130.